The summed E-state index contributed by atoms with van der Waals surface area (Å²) in [5.74, 6) is -0.164. The molecule has 0 fully saturated rings. The molecule has 2 N–H and O–H groups in total. The number of hydrogen-bond donors (Lipinski definition) is 2. The van der Waals surface area contributed by atoms with Crippen LogP contribution >= 0.6 is 12.2 Å². The third kappa shape index (κ3) is 6.12. The summed E-state index contributed by atoms with van der Waals surface area (Å²) < 4.78 is 4.87. The van der Waals surface area contributed by atoms with Crippen LogP contribution in [0.15, 0.2) is 12.1 Å². The van der Waals surface area contributed by atoms with Gasteiger partial charge in [-0.2, -0.15) is 0 Å². The molecule has 0 heterocycles. The van der Waals surface area contributed by atoms with Crippen molar-refractivity contribution in [2.24, 2.45) is 0 Å². The Morgan fingerprint density at radius 3 is 2.52 bits per heavy atom. The van der Waals surface area contributed by atoms with Crippen LogP contribution in [-0.4, -0.2) is 24.2 Å². The molecule has 0 aliphatic heterocycles. The Balaban J connectivity index is 2.37. The highest BCUT2D eigenvalue weighted by atomic mass is 32.1. The van der Waals surface area contributed by atoms with Crippen LogP contribution in [0.2, 0.25) is 0 Å². The van der Waals surface area contributed by atoms with Crippen LogP contribution in [-0.2, 0) is 9.53 Å². The van der Waals surface area contributed by atoms with E-state index in [0.29, 0.717) is 31.1 Å². The Kier molecular flexibility index (Phi) is 7.15. The monoisotopic (exact) mass is 308 g/mol. The summed E-state index contributed by atoms with van der Waals surface area (Å²) in [4.78, 5) is 11.2. The fourth-order valence-electron chi connectivity index (χ4n) is 1.93. The number of ether oxygens (including phenoxy) is 1. The van der Waals surface area contributed by atoms with E-state index < -0.39 is 0 Å². The fraction of sp³-hybridized carbons (Fsp3) is 0.500. The second kappa shape index (κ2) is 8.62. The molecule has 0 aromatic heterocycles. The maximum absolute atomic E-state index is 11.2. The number of esters is 1. The maximum Gasteiger partial charge on any atom is 0.305 e. The summed E-state index contributed by atoms with van der Waals surface area (Å²) in [7, 11) is 0. The molecule has 0 saturated heterocycles. The fourth-order valence-corrected chi connectivity index (χ4v) is 2.14. The lowest BCUT2D eigenvalue weighted by atomic mass is 10.1. The second-order valence-corrected chi connectivity index (χ2v) is 5.45. The molecule has 0 aliphatic rings. The number of carbonyl (C=O) groups is 1. The van der Waals surface area contributed by atoms with Gasteiger partial charge in [-0.25, -0.2) is 0 Å². The number of aryl methyl sites for hydroxylation is 3. The molecule has 0 unspecified atom stereocenters. The minimum Gasteiger partial charge on any atom is -0.466 e. The van der Waals surface area contributed by atoms with Crippen molar-refractivity contribution in [1.82, 2.24) is 5.32 Å². The van der Waals surface area contributed by atoms with E-state index in [1.165, 1.54) is 11.1 Å². The Bertz CT molecular complexity index is 515. The molecule has 0 saturated carbocycles. The van der Waals surface area contributed by atoms with Gasteiger partial charge < -0.3 is 15.4 Å². The molecule has 1 aromatic rings. The molecule has 5 heteroatoms. The van der Waals surface area contributed by atoms with Crippen molar-refractivity contribution in [1.29, 1.82) is 0 Å². The first kappa shape index (κ1) is 17.4. The lowest BCUT2D eigenvalue weighted by Gasteiger charge is -2.14. The van der Waals surface area contributed by atoms with E-state index in [1.54, 1.807) is 6.92 Å². The Hall–Kier alpha value is -1.62. The molecule has 0 atom stereocenters. The molecule has 0 spiro atoms. The van der Waals surface area contributed by atoms with Crippen molar-refractivity contribution in [3.63, 3.8) is 0 Å². The predicted molar refractivity (Wildman–Crippen MR) is 90.7 cm³/mol. The molecule has 0 radical (unpaired) electrons. The van der Waals surface area contributed by atoms with Gasteiger partial charge in [0.1, 0.15) is 0 Å². The summed E-state index contributed by atoms with van der Waals surface area (Å²) in [6.07, 6.45) is 1.11. The number of anilines is 1. The molecular formula is C16H24N2O2S. The molecule has 21 heavy (non-hydrogen) atoms. The van der Waals surface area contributed by atoms with E-state index in [0.717, 1.165) is 11.3 Å². The zero-order chi connectivity index (χ0) is 15.8. The molecule has 116 valence electrons. The van der Waals surface area contributed by atoms with Gasteiger partial charge >= 0.3 is 5.97 Å². The lowest BCUT2D eigenvalue weighted by molar-refractivity contribution is -0.143. The first-order valence-electron chi connectivity index (χ1n) is 7.22. The third-order valence-electron chi connectivity index (χ3n) is 3.24. The largest absolute Gasteiger partial charge is 0.466 e. The van der Waals surface area contributed by atoms with Gasteiger partial charge in [-0.05, 0) is 69.1 Å². The van der Waals surface area contributed by atoms with Crippen LogP contribution in [0.4, 0.5) is 5.69 Å². The van der Waals surface area contributed by atoms with Crippen molar-refractivity contribution in [2.75, 3.05) is 18.5 Å². The second-order valence-electron chi connectivity index (χ2n) is 5.04. The summed E-state index contributed by atoms with van der Waals surface area (Å²) in [6.45, 7) is 9.11. The van der Waals surface area contributed by atoms with Crippen molar-refractivity contribution >= 4 is 29.0 Å². The third-order valence-corrected chi connectivity index (χ3v) is 3.48. The van der Waals surface area contributed by atoms with Gasteiger partial charge in [0.15, 0.2) is 5.11 Å². The predicted octanol–water partition coefficient (Wildman–Crippen LogP) is 3.24. The molecule has 0 amide bonds. The highest BCUT2D eigenvalue weighted by molar-refractivity contribution is 7.80. The van der Waals surface area contributed by atoms with Crippen LogP contribution in [0.3, 0.4) is 0 Å². The Labute approximate surface area is 132 Å². The Morgan fingerprint density at radius 1 is 1.19 bits per heavy atom. The average molecular weight is 308 g/mol. The molecule has 1 rings (SSSR count). The number of carbonyl (C=O) groups excluding carboxylic acids is 1. The highest BCUT2D eigenvalue weighted by Gasteiger charge is 2.05. The van der Waals surface area contributed by atoms with Crippen LogP contribution < -0.4 is 10.6 Å². The smallest absolute Gasteiger partial charge is 0.305 e. The highest BCUT2D eigenvalue weighted by Crippen LogP contribution is 2.19. The zero-order valence-electron chi connectivity index (χ0n) is 13.2. The Morgan fingerprint density at radius 2 is 1.86 bits per heavy atom. The number of benzene rings is 1. The standard InChI is InChI=1S/C16H24N2O2S/c1-5-20-15(19)7-6-8-17-16(21)18-14-10-12(3)11(2)9-13(14)4/h9-10H,5-8H2,1-4H3,(H2,17,18,21). The molecule has 0 bridgehead atoms. The minimum absolute atomic E-state index is 0.164. The van der Waals surface area contributed by atoms with Crippen molar-refractivity contribution in [3.8, 4) is 0 Å². The van der Waals surface area contributed by atoms with Gasteiger partial charge in [0.2, 0.25) is 0 Å². The summed E-state index contributed by atoms with van der Waals surface area (Å²) in [5.41, 5.74) is 4.68. The van der Waals surface area contributed by atoms with Crippen LogP contribution in [0, 0.1) is 20.8 Å². The molecule has 4 nitrogen and oxygen atoms in total. The zero-order valence-corrected chi connectivity index (χ0v) is 14.0. The van der Waals surface area contributed by atoms with Crippen LogP contribution in [0.5, 0.6) is 0 Å². The van der Waals surface area contributed by atoms with E-state index in [4.69, 9.17) is 17.0 Å². The van der Waals surface area contributed by atoms with E-state index in [9.17, 15) is 4.79 Å². The van der Waals surface area contributed by atoms with Crippen molar-refractivity contribution in [2.45, 2.75) is 40.5 Å². The number of hydrogen-bond acceptors (Lipinski definition) is 3. The number of thiocarbonyl (C=S) groups is 1. The van der Waals surface area contributed by atoms with Gasteiger partial charge in [0.05, 0.1) is 6.61 Å². The van der Waals surface area contributed by atoms with Gasteiger partial charge in [-0.3, -0.25) is 4.79 Å². The van der Waals surface area contributed by atoms with E-state index in [1.807, 2.05) is 0 Å². The van der Waals surface area contributed by atoms with Crippen LogP contribution in [0.25, 0.3) is 0 Å². The van der Waals surface area contributed by atoms with Gasteiger partial charge in [0, 0.05) is 18.7 Å². The van der Waals surface area contributed by atoms with Crippen molar-refractivity contribution in [3.05, 3.63) is 28.8 Å². The van der Waals surface area contributed by atoms with E-state index in [2.05, 4.69) is 43.5 Å². The topological polar surface area (TPSA) is 50.4 Å². The number of nitrogens with one attached hydrogen (secondary N) is 2. The first-order valence-corrected chi connectivity index (χ1v) is 7.63. The summed E-state index contributed by atoms with van der Waals surface area (Å²) in [5, 5.41) is 6.87. The summed E-state index contributed by atoms with van der Waals surface area (Å²) in [6, 6.07) is 4.23. The SMILES string of the molecule is CCOC(=O)CCCNC(=S)Nc1cc(C)c(C)cc1C. The normalized spacial score (nSPS) is 10.1. The molecule has 0 aliphatic carbocycles. The van der Waals surface area contributed by atoms with Crippen LogP contribution in [0.1, 0.15) is 36.5 Å². The molecule has 1 aromatic carbocycles. The van der Waals surface area contributed by atoms with Gasteiger partial charge in [0.25, 0.3) is 0 Å². The van der Waals surface area contributed by atoms with Crippen molar-refractivity contribution < 1.29 is 9.53 Å². The maximum atomic E-state index is 11.2. The quantitative estimate of drug-likeness (QED) is 0.480. The average Bonchev–Trinajstić information content (AvgIpc) is 2.41. The van der Waals surface area contributed by atoms with E-state index >= 15 is 0 Å². The first-order chi connectivity index (χ1) is 9.93. The number of rotatable bonds is 6. The minimum atomic E-state index is -0.164. The lowest BCUT2D eigenvalue weighted by Crippen LogP contribution is -2.30. The van der Waals surface area contributed by atoms with Gasteiger partial charge in [-0.1, -0.05) is 6.07 Å². The summed E-state index contributed by atoms with van der Waals surface area (Å²) >= 11 is 5.26. The van der Waals surface area contributed by atoms with E-state index in [-0.39, 0.29) is 5.97 Å². The molecular weight excluding hydrogens is 284 g/mol. The van der Waals surface area contributed by atoms with Gasteiger partial charge in [-0.15, -0.1) is 0 Å².